The monoisotopic (exact) mass is 460 g/mol. The van der Waals surface area contributed by atoms with Crippen LogP contribution in [-0.2, 0) is 16.2 Å². The van der Waals surface area contributed by atoms with E-state index in [9.17, 15) is 18.4 Å². The van der Waals surface area contributed by atoms with Gasteiger partial charge in [-0.2, -0.15) is 5.06 Å². The van der Waals surface area contributed by atoms with E-state index in [4.69, 9.17) is 16.4 Å². The zero-order valence-corrected chi connectivity index (χ0v) is 17.6. The molecule has 2 aromatic carbocycles. The summed E-state index contributed by atoms with van der Waals surface area (Å²) in [5, 5.41) is 4.93. The quantitative estimate of drug-likeness (QED) is 0.426. The first-order chi connectivity index (χ1) is 15.5. The lowest BCUT2D eigenvalue weighted by molar-refractivity contribution is -0.115. The number of carbonyl (C=O) groups excluding carboxylic acids is 2. The zero-order valence-electron chi connectivity index (χ0n) is 16.8. The molecule has 32 heavy (non-hydrogen) atoms. The molecule has 0 spiro atoms. The fraction of sp³-hybridized carbons (Fsp3) is 0.227. The van der Waals surface area contributed by atoms with Gasteiger partial charge in [0.25, 0.3) is 0 Å². The smallest absolute Gasteiger partial charge is 0.318 e. The van der Waals surface area contributed by atoms with E-state index in [2.05, 4.69) is 10.3 Å². The molecule has 166 valence electrons. The average molecular weight is 461 g/mol. The Bertz CT molecular complexity index is 1160. The maximum atomic E-state index is 13.5. The molecule has 3 amide bonds. The van der Waals surface area contributed by atoms with Crippen LogP contribution in [0.2, 0.25) is 5.02 Å². The Labute approximate surface area is 187 Å². The highest BCUT2D eigenvalue weighted by atomic mass is 35.5. The van der Waals surface area contributed by atoms with Crippen molar-refractivity contribution in [1.29, 1.82) is 0 Å². The molecule has 0 radical (unpaired) electrons. The van der Waals surface area contributed by atoms with Gasteiger partial charge in [-0.1, -0.05) is 23.7 Å². The highest BCUT2D eigenvalue weighted by molar-refractivity contribution is 6.31. The van der Waals surface area contributed by atoms with Gasteiger partial charge in [0.15, 0.2) is 5.82 Å². The van der Waals surface area contributed by atoms with Gasteiger partial charge < -0.3 is 10.2 Å². The van der Waals surface area contributed by atoms with Crippen molar-refractivity contribution >= 4 is 40.6 Å². The minimum absolute atomic E-state index is 0.0271. The molecular weight excluding hydrogens is 442 g/mol. The first kappa shape index (κ1) is 21.9. The minimum Gasteiger partial charge on any atom is -0.334 e. The second kappa shape index (κ2) is 9.46. The maximum absolute atomic E-state index is 13.5. The number of fused-ring (bicyclic) bond motifs is 1. The molecule has 0 aliphatic carbocycles. The molecule has 0 bridgehead atoms. The zero-order chi connectivity index (χ0) is 22.7. The summed E-state index contributed by atoms with van der Waals surface area (Å²) in [6.45, 7) is 0.665. The maximum Gasteiger partial charge on any atom is 0.318 e. The fourth-order valence-corrected chi connectivity index (χ4v) is 3.57. The predicted molar refractivity (Wildman–Crippen MR) is 115 cm³/mol. The van der Waals surface area contributed by atoms with Crippen molar-refractivity contribution in [3.8, 4) is 0 Å². The number of amides is 3. The van der Waals surface area contributed by atoms with Gasteiger partial charge in [0.05, 0.1) is 17.7 Å². The van der Waals surface area contributed by atoms with E-state index in [1.54, 1.807) is 23.1 Å². The minimum atomic E-state index is -0.548. The predicted octanol–water partition coefficient (Wildman–Crippen LogP) is 4.04. The number of urea groups is 1. The van der Waals surface area contributed by atoms with Crippen molar-refractivity contribution < 1.29 is 23.2 Å². The Morgan fingerprint density at radius 1 is 1.28 bits per heavy atom. The van der Waals surface area contributed by atoms with E-state index in [1.807, 2.05) is 0 Å². The Morgan fingerprint density at radius 2 is 2.12 bits per heavy atom. The number of hydroxylamine groups is 1. The molecule has 7 nitrogen and oxygen atoms in total. The number of carbonyl (C=O) groups is 2. The topological polar surface area (TPSA) is 74.8 Å². The number of likely N-dealkylation sites (tertiary alicyclic amines) is 1. The van der Waals surface area contributed by atoms with Crippen molar-refractivity contribution in [3.05, 3.63) is 70.9 Å². The number of pyridine rings is 1. The Kier molecular flexibility index (Phi) is 6.48. The molecule has 1 aliphatic rings. The van der Waals surface area contributed by atoms with Gasteiger partial charge in [0, 0.05) is 24.7 Å². The number of hydrogen-bond donors (Lipinski definition) is 1. The van der Waals surface area contributed by atoms with Gasteiger partial charge in [0.1, 0.15) is 11.6 Å². The number of rotatable bonds is 7. The summed E-state index contributed by atoms with van der Waals surface area (Å²) in [5.41, 5.74) is 0.472. The first-order valence-corrected chi connectivity index (χ1v) is 10.2. The molecule has 1 aromatic heterocycles. The third-order valence-corrected chi connectivity index (χ3v) is 5.69. The Hall–Kier alpha value is -3.30. The molecule has 1 atom stereocenters. The van der Waals surface area contributed by atoms with Crippen molar-refractivity contribution in [2.24, 2.45) is 0 Å². The Morgan fingerprint density at radius 3 is 2.88 bits per heavy atom. The molecule has 0 saturated carbocycles. The molecule has 1 aliphatic heterocycles. The van der Waals surface area contributed by atoms with E-state index >= 15 is 0 Å². The summed E-state index contributed by atoms with van der Waals surface area (Å²) in [6, 6.07) is 9.61. The molecular formula is C22H19ClF2N4O3. The molecule has 1 N–H and O–H groups in total. The summed E-state index contributed by atoms with van der Waals surface area (Å²) < 4.78 is 27.0. The lowest BCUT2D eigenvalue weighted by atomic mass is 10.1. The number of halogens is 3. The molecule has 0 unspecified atom stereocenters. The molecule has 4 rings (SSSR count). The molecule has 1 saturated heterocycles. The van der Waals surface area contributed by atoms with Gasteiger partial charge in [-0.25, -0.2) is 18.6 Å². The number of nitrogens with one attached hydrogen (secondary N) is 1. The summed E-state index contributed by atoms with van der Waals surface area (Å²) in [4.78, 5) is 35.3. The lowest BCUT2D eigenvalue weighted by Crippen LogP contribution is -2.57. The van der Waals surface area contributed by atoms with Crippen molar-refractivity contribution in [2.45, 2.75) is 19.0 Å². The van der Waals surface area contributed by atoms with Crippen LogP contribution in [-0.4, -0.2) is 41.5 Å². The van der Waals surface area contributed by atoms with Crippen LogP contribution in [0.3, 0.4) is 0 Å². The van der Waals surface area contributed by atoms with Gasteiger partial charge >= 0.3 is 6.03 Å². The SMILES string of the molecule is O=CN(OC[C@@H]1CCN1C(=O)NCc1cccc(F)c1Cl)c1cc2cc(F)ccc2cn1. The third kappa shape index (κ3) is 4.63. The standard InChI is InChI=1S/C22H19ClF2N4O3/c23-21-15(2-1-3-19(21)25)11-27-22(31)28-7-6-18(28)12-32-29(13-30)20-9-16-8-17(24)5-4-14(16)10-26-20/h1-5,8-10,13,18H,6-7,11-12H2,(H,27,31)/t18-/m0/s1. The second-order valence-electron chi connectivity index (χ2n) is 7.27. The summed E-state index contributed by atoms with van der Waals surface area (Å²) in [7, 11) is 0. The normalized spacial score (nSPS) is 15.3. The summed E-state index contributed by atoms with van der Waals surface area (Å²) in [6.07, 6.45) is 2.67. The van der Waals surface area contributed by atoms with Crippen LogP contribution in [0, 0.1) is 11.6 Å². The van der Waals surface area contributed by atoms with Gasteiger partial charge in [-0.05, 0) is 47.7 Å². The highest BCUT2D eigenvalue weighted by Gasteiger charge is 2.33. The molecule has 2 heterocycles. The van der Waals surface area contributed by atoms with E-state index in [1.165, 1.54) is 30.5 Å². The van der Waals surface area contributed by atoms with Crippen LogP contribution in [0.5, 0.6) is 0 Å². The van der Waals surface area contributed by atoms with Crippen LogP contribution in [0.1, 0.15) is 12.0 Å². The number of nitrogens with zero attached hydrogens (tertiary/aromatic N) is 3. The molecule has 10 heteroatoms. The van der Waals surface area contributed by atoms with Crippen molar-refractivity contribution in [2.75, 3.05) is 18.2 Å². The average Bonchev–Trinajstić information content (AvgIpc) is 2.76. The largest absolute Gasteiger partial charge is 0.334 e. The van der Waals surface area contributed by atoms with Crippen LogP contribution in [0.15, 0.2) is 48.7 Å². The lowest BCUT2D eigenvalue weighted by Gasteiger charge is -2.40. The molecule has 3 aromatic rings. The third-order valence-electron chi connectivity index (χ3n) is 5.26. The van der Waals surface area contributed by atoms with E-state index in [0.717, 1.165) is 10.4 Å². The van der Waals surface area contributed by atoms with Crippen molar-refractivity contribution in [3.63, 3.8) is 0 Å². The van der Waals surface area contributed by atoms with E-state index in [0.29, 0.717) is 30.3 Å². The van der Waals surface area contributed by atoms with E-state index < -0.39 is 11.6 Å². The number of anilines is 1. The highest BCUT2D eigenvalue weighted by Crippen LogP contribution is 2.23. The van der Waals surface area contributed by atoms with Gasteiger partial charge in [0.2, 0.25) is 6.41 Å². The second-order valence-corrected chi connectivity index (χ2v) is 7.65. The summed E-state index contributed by atoms with van der Waals surface area (Å²) in [5.74, 6) is -0.745. The van der Waals surface area contributed by atoms with Crippen molar-refractivity contribution in [1.82, 2.24) is 15.2 Å². The Balaban J connectivity index is 1.34. The van der Waals surface area contributed by atoms with Gasteiger partial charge in [-0.3, -0.25) is 9.63 Å². The van der Waals surface area contributed by atoms with Crippen LogP contribution >= 0.6 is 11.6 Å². The number of aromatic nitrogens is 1. The van der Waals surface area contributed by atoms with Crippen LogP contribution in [0.25, 0.3) is 10.8 Å². The first-order valence-electron chi connectivity index (χ1n) is 9.86. The summed E-state index contributed by atoms with van der Waals surface area (Å²) >= 11 is 5.91. The van der Waals surface area contributed by atoms with Crippen LogP contribution in [0.4, 0.5) is 19.4 Å². The molecule has 1 fully saturated rings. The number of hydrogen-bond acceptors (Lipinski definition) is 4. The number of benzene rings is 2. The van der Waals surface area contributed by atoms with E-state index in [-0.39, 0.29) is 36.1 Å². The van der Waals surface area contributed by atoms with Gasteiger partial charge in [-0.15, -0.1) is 0 Å². The van der Waals surface area contributed by atoms with Crippen LogP contribution < -0.4 is 10.4 Å². The fourth-order valence-electron chi connectivity index (χ4n) is 3.38.